The molecule has 0 aromatic carbocycles. The monoisotopic (exact) mass is 373 g/mol. The maximum atomic E-state index is 8.53. The molecule has 0 unspecified atom stereocenters. The zero-order valence-corrected chi connectivity index (χ0v) is 17.8. The molecule has 2 aliphatic rings. The van der Waals surface area contributed by atoms with Crippen LogP contribution in [0, 0.1) is 29.1 Å². The van der Waals surface area contributed by atoms with Crippen LogP contribution in [0.5, 0.6) is 0 Å². The molecule has 0 aromatic heterocycles. The fraction of sp³-hybridized carbons (Fsp3) is 0.880. The number of unbranched alkanes of at least 4 members (excludes halogenated alkanes) is 4. The van der Waals surface area contributed by atoms with Gasteiger partial charge in [-0.2, -0.15) is 5.26 Å². The van der Waals surface area contributed by atoms with Gasteiger partial charge in [0.1, 0.15) is 0 Å². The summed E-state index contributed by atoms with van der Waals surface area (Å²) >= 11 is 0. The highest BCUT2D eigenvalue weighted by atomic mass is 16.5. The zero-order chi connectivity index (χ0) is 19.2. The second-order valence-electron chi connectivity index (χ2n) is 9.17. The summed E-state index contributed by atoms with van der Waals surface area (Å²) in [7, 11) is 0. The maximum Gasteiger partial charge on any atom is 0.0908 e. The van der Waals surface area contributed by atoms with Gasteiger partial charge in [0.25, 0.3) is 0 Å². The van der Waals surface area contributed by atoms with Crippen molar-refractivity contribution in [2.24, 2.45) is 17.8 Å². The molecular formula is C25H43NO. The molecule has 0 amide bonds. The van der Waals surface area contributed by atoms with E-state index >= 15 is 0 Å². The molecular weight excluding hydrogens is 330 g/mol. The normalized spacial score (nSPS) is 29.0. The van der Waals surface area contributed by atoms with Crippen LogP contribution in [-0.4, -0.2) is 12.7 Å². The molecule has 154 valence electrons. The van der Waals surface area contributed by atoms with Crippen molar-refractivity contribution in [2.45, 2.75) is 116 Å². The van der Waals surface area contributed by atoms with E-state index in [0.717, 1.165) is 30.8 Å². The average molecular weight is 374 g/mol. The van der Waals surface area contributed by atoms with Crippen LogP contribution >= 0.6 is 0 Å². The molecule has 0 saturated heterocycles. The van der Waals surface area contributed by atoms with Gasteiger partial charge in [-0.25, -0.2) is 0 Å². The molecule has 2 saturated carbocycles. The standard InChI is InChI=1S/C25H43NO/c1-2-3-4-5-7-10-22-12-14-24(15-13-22)21-27-25-18-16-23(17-19-25)11-8-6-9-20-26/h6,9,22-25H,2-5,7-8,10-19,21H2,1H3. The number of rotatable bonds is 12. The van der Waals surface area contributed by atoms with Crippen LogP contribution in [0.3, 0.4) is 0 Å². The van der Waals surface area contributed by atoms with Crippen molar-refractivity contribution < 1.29 is 4.74 Å². The van der Waals surface area contributed by atoms with E-state index in [1.807, 2.05) is 6.08 Å². The third kappa shape index (κ3) is 9.79. The first kappa shape index (κ1) is 22.5. The SMILES string of the molecule is CCCCCCCC1CCC(COC2CCC(CCC=CC#N)CC2)CC1. The van der Waals surface area contributed by atoms with Gasteiger partial charge in [0.2, 0.25) is 0 Å². The van der Waals surface area contributed by atoms with Crippen LogP contribution in [-0.2, 0) is 4.74 Å². The van der Waals surface area contributed by atoms with Crippen molar-refractivity contribution in [2.75, 3.05) is 6.61 Å². The molecule has 0 bridgehead atoms. The molecule has 0 aliphatic heterocycles. The molecule has 0 aromatic rings. The lowest BCUT2D eigenvalue weighted by atomic mass is 9.80. The van der Waals surface area contributed by atoms with E-state index < -0.39 is 0 Å². The number of allylic oxidation sites excluding steroid dienone is 2. The number of nitrogens with zero attached hydrogens (tertiary/aromatic N) is 1. The predicted octanol–water partition coefficient (Wildman–Crippen LogP) is 7.59. The Morgan fingerprint density at radius 2 is 1.44 bits per heavy atom. The van der Waals surface area contributed by atoms with Crippen molar-refractivity contribution in [1.82, 2.24) is 0 Å². The Balaban J connectivity index is 1.47. The van der Waals surface area contributed by atoms with E-state index in [4.69, 9.17) is 10.00 Å². The van der Waals surface area contributed by atoms with Crippen LogP contribution in [0.15, 0.2) is 12.2 Å². The van der Waals surface area contributed by atoms with Crippen molar-refractivity contribution in [1.29, 1.82) is 5.26 Å². The molecule has 0 N–H and O–H groups in total. The summed E-state index contributed by atoms with van der Waals surface area (Å²) in [6.45, 7) is 3.31. The highest BCUT2D eigenvalue weighted by Gasteiger charge is 2.24. The van der Waals surface area contributed by atoms with E-state index in [2.05, 4.69) is 13.0 Å². The molecule has 27 heavy (non-hydrogen) atoms. The molecule has 2 nitrogen and oxygen atoms in total. The molecule has 0 heterocycles. The lowest BCUT2D eigenvalue weighted by molar-refractivity contribution is -0.0102. The smallest absolute Gasteiger partial charge is 0.0908 e. The van der Waals surface area contributed by atoms with Gasteiger partial charge in [-0.15, -0.1) is 0 Å². The van der Waals surface area contributed by atoms with Gasteiger partial charge in [-0.1, -0.05) is 64.4 Å². The second-order valence-corrected chi connectivity index (χ2v) is 9.17. The summed E-state index contributed by atoms with van der Waals surface area (Å²) in [5.74, 6) is 2.68. The Labute approximate surface area is 168 Å². The minimum Gasteiger partial charge on any atom is -0.378 e. The fourth-order valence-corrected chi connectivity index (χ4v) is 5.05. The molecule has 2 rings (SSSR count). The summed E-state index contributed by atoms with van der Waals surface area (Å²) in [6.07, 6.45) is 25.9. The maximum absolute atomic E-state index is 8.53. The lowest BCUT2D eigenvalue weighted by Gasteiger charge is -2.32. The Morgan fingerprint density at radius 3 is 2.15 bits per heavy atom. The zero-order valence-electron chi connectivity index (χ0n) is 17.8. The summed E-state index contributed by atoms with van der Waals surface area (Å²) in [5, 5.41) is 8.53. The van der Waals surface area contributed by atoms with E-state index in [9.17, 15) is 0 Å². The van der Waals surface area contributed by atoms with Gasteiger partial charge in [0, 0.05) is 12.7 Å². The minimum absolute atomic E-state index is 0.521. The van der Waals surface area contributed by atoms with Gasteiger partial charge in [0.15, 0.2) is 0 Å². The number of nitriles is 1. The topological polar surface area (TPSA) is 33.0 Å². The first-order chi connectivity index (χ1) is 13.3. The summed E-state index contributed by atoms with van der Waals surface area (Å²) in [4.78, 5) is 0. The van der Waals surface area contributed by atoms with Gasteiger partial charge in [0.05, 0.1) is 12.2 Å². The van der Waals surface area contributed by atoms with Crippen molar-refractivity contribution >= 4 is 0 Å². The van der Waals surface area contributed by atoms with E-state index in [-0.39, 0.29) is 0 Å². The Bertz CT molecular complexity index is 422. The van der Waals surface area contributed by atoms with Crippen molar-refractivity contribution in [3.63, 3.8) is 0 Å². The molecule has 2 aliphatic carbocycles. The largest absolute Gasteiger partial charge is 0.378 e. The number of hydrogen-bond acceptors (Lipinski definition) is 2. The van der Waals surface area contributed by atoms with Crippen LogP contribution in [0.1, 0.15) is 110 Å². The van der Waals surface area contributed by atoms with Crippen LogP contribution in [0.4, 0.5) is 0 Å². The highest BCUT2D eigenvalue weighted by Crippen LogP contribution is 2.34. The van der Waals surface area contributed by atoms with Gasteiger partial charge in [-0.3, -0.25) is 0 Å². The second kappa shape index (κ2) is 14.2. The van der Waals surface area contributed by atoms with Crippen LogP contribution in [0.2, 0.25) is 0 Å². The lowest BCUT2D eigenvalue weighted by Crippen LogP contribution is -2.26. The molecule has 2 fully saturated rings. The minimum atomic E-state index is 0.521. The van der Waals surface area contributed by atoms with Crippen molar-refractivity contribution in [3.8, 4) is 6.07 Å². The van der Waals surface area contributed by atoms with Crippen LogP contribution < -0.4 is 0 Å². The number of ether oxygens (including phenoxy) is 1. The summed E-state index contributed by atoms with van der Waals surface area (Å²) < 4.78 is 6.32. The molecule has 0 radical (unpaired) electrons. The third-order valence-corrected chi connectivity index (χ3v) is 6.98. The van der Waals surface area contributed by atoms with Crippen LogP contribution in [0.25, 0.3) is 0 Å². The van der Waals surface area contributed by atoms with Gasteiger partial charge in [-0.05, 0) is 69.1 Å². The Morgan fingerprint density at radius 1 is 0.815 bits per heavy atom. The molecule has 2 heteroatoms. The quantitative estimate of drug-likeness (QED) is 0.261. The first-order valence-corrected chi connectivity index (χ1v) is 12.0. The molecule has 0 atom stereocenters. The Hall–Kier alpha value is -0.810. The summed E-state index contributed by atoms with van der Waals surface area (Å²) in [6, 6.07) is 2.08. The van der Waals surface area contributed by atoms with Gasteiger partial charge < -0.3 is 4.74 Å². The average Bonchev–Trinajstić information content (AvgIpc) is 2.71. The Kier molecular flexibility index (Phi) is 11.8. The van der Waals surface area contributed by atoms with E-state index in [1.54, 1.807) is 6.08 Å². The molecule has 0 spiro atoms. The van der Waals surface area contributed by atoms with Gasteiger partial charge >= 0.3 is 0 Å². The van der Waals surface area contributed by atoms with E-state index in [1.165, 1.54) is 96.3 Å². The number of hydrogen-bond donors (Lipinski definition) is 0. The first-order valence-electron chi connectivity index (χ1n) is 12.0. The van der Waals surface area contributed by atoms with E-state index in [0.29, 0.717) is 6.10 Å². The summed E-state index contributed by atoms with van der Waals surface area (Å²) in [5.41, 5.74) is 0. The fourth-order valence-electron chi connectivity index (χ4n) is 5.05. The third-order valence-electron chi connectivity index (χ3n) is 6.98. The predicted molar refractivity (Wildman–Crippen MR) is 115 cm³/mol. The highest BCUT2D eigenvalue weighted by molar-refractivity contribution is 5.01. The van der Waals surface area contributed by atoms with Crippen molar-refractivity contribution in [3.05, 3.63) is 12.2 Å².